The predicted octanol–water partition coefficient (Wildman–Crippen LogP) is 4.32. The minimum atomic E-state index is 0.125. The van der Waals surface area contributed by atoms with Gasteiger partial charge in [0.25, 0.3) is 0 Å². The standard InChI is InChI=1S/C21H26N2O/c1-14-11-15(2)23(16(3)24)21-10-9-19(12-20(14)21)18-7-5-17(6-8-18)13-22-4/h5-10,12,14-15,22H,11,13H2,1-4H3/t14-,15+/m1/s1. The maximum Gasteiger partial charge on any atom is 0.224 e. The predicted molar refractivity (Wildman–Crippen MR) is 100 cm³/mol. The van der Waals surface area contributed by atoms with Gasteiger partial charge >= 0.3 is 0 Å². The number of hydrogen-bond acceptors (Lipinski definition) is 2. The first-order valence-corrected chi connectivity index (χ1v) is 8.69. The van der Waals surface area contributed by atoms with E-state index in [9.17, 15) is 4.79 Å². The van der Waals surface area contributed by atoms with Crippen LogP contribution in [0.2, 0.25) is 0 Å². The van der Waals surface area contributed by atoms with Crippen molar-refractivity contribution in [2.45, 2.75) is 45.7 Å². The van der Waals surface area contributed by atoms with Gasteiger partial charge in [-0.05, 0) is 60.7 Å². The number of carbonyl (C=O) groups is 1. The van der Waals surface area contributed by atoms with Crippen molar-refractivity contribution in [3.63, 3.8) is 0 Å². The third-order valence-electron chi connectivity index (χ3n) is 4.96. The van der Waals surface area contributed by atoms with E-state index in [4.69, 9.17) is 0 Å². The Morgan fingerprint density at radius 3 is 2.42 bits per heavy atom. The zero-order valence-corrected chi connectivity index (χ0v) is 15.0. The first kappa shape index (κ1) is 16.7. The average molecular weight is 322 g/mol. The van der Waals surface area contributed by atoms with Crippen LogP contribution in [0.4, 0.5) is 5.69 Å². The van der Waals surface area contributed by atoms with Crippen LogP contribution in [0.1, 0.15) is 44.2 Å². The molecule has 0 unspecified atom stereocenters. The normalized spacial score (nSPS) is 19.9. The van der Waals surface area contributed by atoms with Gasteiger partial charge in [0.05, 0.1) is 0 Å². The molecule has 0 fully saturated rings. The maximum atomic E-state index is 12.1. The fourth-order valence-corrected chi connectivity index (χ4v) is 3.83. The lowest BCUT2D eigenvalue weighted by Gasteiger charge is -2.38. The molecule has 1 aliphatic heterocycles. The summed E-state index contributed by atoms with van der Waals surface area (Å²) in [6.45, 7) is 6.93. The molecule has 2 aromatic carbocycles. The summed E-state index contributed by atoms with van der Waals surface area (Å²) >= 11 is 0. The zero-order chi connectivity index (χ0) is 17.3. The Bertz CT molecular complexity index is 736. The van der Waals surface area contributed by atoms with Crippen LogP contribution in [0.15, 0.2) is 42.5 Å². The Morgan fingerprint density at radius 1 is 1.12 bits per heavy atom. The van der Waals surface area contributed by atoms with Crippen molar-refractivity contribution in [3.05, 3.63) is 53.6 Å². The van der Waals surface area contributed by atoms with Gasteiger partial charge in [0.1, 0.15) is 0 Å². The lowest BCUT2D eigenvalue weighted by atomic mass is 9.85. The molecule has 0 aliphatic carbocycles. The highest BCUT2D eigenvalue weighted by molar-refractivity contribution is 5.94. The van der Waals surface area contributed by atoms with E-state index < -0.39 is 0 Å². The molecular weight excluding hydrogens is 296 g/mol. The van der Waals surface area contributed by atoms with Crippen LogP contribution in [-0.2, 0) is 11.3 Å². The van der Waals surface area contributed by atoms with Crippen LogP contribution in [0.3, 0.4) is 0 Å². The average Bonchev–Trinajstić information content (AvgIpc) is 2.55. The van der Waals surface area contributed by atoms with Gasteiger partial charge < -0.3 is 10.2 Å². The Hall–Kier alpha value is -2.13. The number of nitrogens with zero attached hydrogens (tertiary/aromatic N) is 1. The third kappa shape index (κ3) is 3.09. The van der Waals surface area contributed by atoms with Crippen LogP contribution in [0.5, 0.6) is 0 Å². The van der Waals surface area contributed by atoms with E-state index >= 15 is 0 Å². The topological polar surface area (TPSA) is 32.3 Å². The number of anilines is 1. The molecule has 126 valence electrons. The zero-order valence-electron chi connectivity index (χ0n) is 15.0. The van der Waals surface area contributed by atoms with Gasteiger partial charge in [0.2, 0.25) is 5.91 Å². The maximum absolute atomic E-state index is 12.1. The summed E-state index contributed by atoms with van der Waals surface area (Å²) in [6.07, 6.45) is 1.01. The van der Waals surface area contributed by atoms with Crippen molar-refractivity contribution in [1.82, 2.24) is 5.32 Å². The van der Waals surface area contributed by atoms with E-state index in [1.54, 1.807) is 6.92 Å². The molecule has 3 rings (SSSR count). The van der Waals surface area contributed by atoms with E-state index in [-0.39, 0.29) is 11.9 Å². The smallest absolute Gasteiger partial charge is 0.224 e. The van der Waals surface area contributed by atoms with Crippen LogP contribution < -0.4 is 10.2 Å². The van der Waals surface area contributed by atoms with E-state index in [0.717, 1.165) is 18.7 Å². The molecule has 1 amide bonds. The Balaban J connectivity index is 1.98. The highest BCUT2D eigenvalue weighted by Gasteiger charge is 2.30. The lowest BCUT2D eigenvalue weighted by molar-refractivity contribution is -0.117. The van der Waals surface area contributed by atoms with E-state index in [1.165, 1.54) is 22.3 Å². The monoisotopic (exact) mass is 322 g/mol. The third-order valence-corrected chi connectivity index (χ3v) is 4.96. The molecule has 1 heterocycles. The number of rotatable bonds is 3. The van der Waals surface area contributed by atoms with Gasteiger partial charge in [-0.2, -0.15) is 0 Å². The van der Waals surface area contributed by atoms with Crippen LogP contribution in [-0.4, -0.2) is 19.0 Å². The SMILES string of the molecule is CNCc1ccc(-c2ccc3c(c2)[C@H](C)C[C@H](C)N3C(C)=O)cc1. The van der Waals surface area contributed by atoms with Crippen molar-refractivity contribution in [2.24, 2.45) is 0 Å². The van der Waals surface area contributed by atoms with E-state index in [0.29, 0.717) is 5.92 Å². The Labute approximate surface area is 144 Å². The Kier molecular flexibility index (Phi) is 4.72. The summed E-state index contributed by atoms with van der Waals surface area (Å²) in [4.78, 5) is 14.0. The number of benzene rings is 2. The van der Waals surface area contributed by atoms with Crippen molar-refractivity contribution in [3.8, 4) is 11.1 Å². The van der Waals surface area contributed by atoms with Crippen molar-refractivity contribution < 1.29 is 4.79 Å². The molecule has 3 nitrogen and oxygen atoms in total. The molecule has 2 aromatic rings. The first-order valence-electron chi connectivity index (χ1n) is 8.69. The van der Waals surface area contributed by atoms with Crippen LogP contribution in [0, 0.1) is 0 Å². The minimum Gasteiger partial charge on any atom is -0.316 e. The highest BCUT2D eigenvalue weighted by Crippen LogP contribution is 2.40. The quantitative estimate of drug-likeness (QED) is 0.912. The van der Waals surface area contributed by atoms with Gasteiger partial charge in [0.15, 0.2) is 0 Å². The fourth-order valence-electron chi connectivity index (χ4n) is 3.83. The molecule has 0 saturated carbocycles. The largest absolute Gasteiger partial charge is 0.316 e. The first-order chi connectivity index (χ1) is 11.5. The molecular formula is C21H26N2O. The number of amides is 1. The van der Waals surface area contributed by atoms with Gasteiger partial charge in [-0.1, -0.05) is 37.3 Å². The summed E-state index contributed by atoms with van der Waals surface area (Å²) in [5.74, 6) is 0.592. The molecule has 24 heavy (non-hydrogen) atoms. The highest BCUT2D eigenvalue weighted by atomic mass is 16.2. The van der Waals surface area contributed by atoms with Crippen molar-refractivity contribution in [2.75, 3.05) is 11.9 Å². The molecule has 0 aromatic heterocycles. The molecule has 0 spiro atoms. The number of hydrogen-bond donors (Lipinski definition) is 1. The second-order valence-electron chi connectivity index (χ2n) is 6.88. The van der Waals surface area contributed by atoms with E-state index in [1.807, 2.05) is 11.9 Å². The minimum absolute atomic E-state index is 0.125. The summed E-state index contributed by atoms with van der Waals surface area (Å²) in [5.41, 5.74) is 6.07. The van der Waals surface area contributed by atoms with E-state index in [2.05, 4.69) is 61.6 Å². The number of nitrogens with one attached hydrogen (secondary N) is 1. The van der Waals surface area contributed by atoms with Gasteiger partial charge in [-0.25, -0.2) is 0 Å². The Morgan fingerprint density at radius 2 is 1.79 bits per heavy atom. The molecule has 3 heteroatoms. The molecule has 0 saturated heterocycles. The molecule has 0 radical (unpaired) electrons. The lowest BCUT2D eigenvalue weighted by Crippen LogP contribution is -2.41. The van der Waals surface area contributed by atoms with Gasteiger partial charge in [-0.15, -0.1) is 0 Å². The number of carbonyl (C=O) groups excluding carboxylic acids is 1. The molecule has 1 aliphatic rings. The summed E-state index contributed by atoms with van der Waals surface area (Å²) in [6, 6.07) is 15.4. The number of fused-ring (bicyclic) bond motifs is 1. The van der Waals surface area contributed by atoms with Gasteiger partial charge in [0, 0.05) is 25.2 Å². The van der Waals surface area contributed by atoms with Gasteiger partial charge in [-0.3, -0.25) is 4.79 Å². The molecule has 2 atom stereocenters. The fraction of sp³-hybridized carbons (Fsp3) is 0.381. The summed E-state index contributed by atoms with van der Waals surface area (Å²) in [7, 11) is 1.96. The molecule has 0 bridgehead atoms. The molecule has 1 N–H and O–H groups in total. The van der Waals surface area contributed by atoms with Crippen LogP contribution >= 0.6 is 0 Å². The van der Waals surface area contributed by atoms with Crippen LogP contribution in [0.25, 0.3) is 11.1 Å². The summed E-state index contributed by atoms with van der Waals surface area (Å²) < 4.78 is 0. The van der Waals surface area contributed by atoms with Crippen molar-refractivity contribution >= 4 is 11.6 Å². The summed E-state index contributed by atoms with van der Waals surface area (Å²) in [5, 5.41) is 3.17. The second-order valence-corrected chi connectivity index (χ2v) is 6.88. The second kappa shape index (κ2) is 6.78. The van der Waals surface area contributed by atoms with Crippen molar-refractivity contribution in [1.29, 1.82) is 0 Å².